The lowest BCUT2D eigenvalue weighted by molar-refractivity contribution is -0.130. The Morgan fingerprint density at radius 1 is 1.29 bits per heavy atom. The molecular weight excluding hydrogens is 400 g/mol. The third kappa shape index (κ3) is 5.42. The molecule has 166 valence electrons. The summed E-state index contributed by atoms with van der Waals surface area (Å²) < 4.78 is 5.29. The molecule has 0 radical (unpaired) electrons. The highest BCUT2D eigenvalue weighted by Gasteiger charge is 2.29. The molecule has 0 aliphatic carbocycles. The molecule has 1 saturated heterocycles. The molecule has 2 aromatic rings. The van der Waals surface area contributed by atoms with Gasteiger partial charge in [-0.3, -0.25) is 19.2 Å². The van der Waals surface area contributed by atoms with Crippen molar-refractivity contribution in [3.8, 4) is 5.75 Å². The molecule has 3 amide bonds. The van der Waals surface area contributed by atoms with E-state index in [1.165, 1.54) is 0 Å². The van der Waals surface area contributed by atoms with E-state index in [1.807, 2.05) is 12.1 Å². The van der Waals surface area contributed by atoms with Crippen molar-refractivity contribution in [2.45, 2.75) is 38.6 Å². The number of nitrogens with one attached hydrogen (secondary N) is 4. The highest BCUT2D eigenvalue weighted by atomic mass is 16.5. The number of carbonyl (C=O) groups is 4. The van der Waals surface area contributed by atoms with Crippen molar-refractivity contribution in [1.82, 2.24) is 20.9 Å². The van der Waals surface area contributed by atoms with Crippen molar-refractivity contribution in [1.29, 1.82) is 0 Å². The number of amides is 3. The Morgan fingerprint density at radius 2 is 2.10 bits per heavy atom. The number of fused-ring (bicyclic) bond motifs is 1. The maximum Gasteiger partial charge on any atom is 0.268 e. The molecule has 31 heavy (non-hydrogen) atoms. The normalized spacial score (nSPS) is 17.0. The molecule has 2 unspecified atom stereocenters. The molecule has 1 fully saturated rings. The standard InChI is InChI=1S/C22H28N4O5/c1-3-18(27)16(10-13-6-5-9-23-21(13)29)26-20(28)12-24-22(30)17-11-14-15(25-17)7-4-8-19(14)31-2/h4,7-8,11,13,16,25H,3,5-6,9-10,12H2,1-2H3,(H,23,29)(H,24,30)(H,26,28). The van der Waals surface area contributed by atoms with Crippen molar-refractivity contribution in [3.63, 3.8) is 0 Å². The zero-order valence-corrected chi connectivity index (χ0v) is 17.7. The highest BCUT2D eigenvalue weighted by molar-refractivity contribution is 6.01. The largest absolute Gasteiger partial charge is 0.496 e. The van der Waals surface area contributed by atoms with Crippen LogP contribution in [0.3, 0.4) is 0 Å². The van der Waals surface area contributed by atoms with Gasteiger partial charge in [-0.2, -0.15) is 0 Å². The van der Waals surface area contributed by atoms with Gasteiger partial charge < -0.3 is 25.7 Å². The van der Waals surface area contributed by atoms with Crippen molar-refractivity contribution in [3.05, 3.63) is 30.0 Å². The van der Waals surface area contributed by atoms with Gasteiger partial charge >= 0.3 is 0 Å². The average molecular weight is 428 g/mol. The number of H-pyrrole nitrogens is 1. The zero-order chi connectivity index (χ0) is 22.4. The second kappa shape index (κ2) is 10.1. The lowest BCUT2D eigenvalue weighted by atomic mass is 9.89. The lowest BCUT2D eigenvalue weighted by Gasteiger charge is -2.26. The number of benzene rings is 1. The molecule has 0 spiro atoms. The first kappa shape index (κ1) is 22.3. The molecule has 2 heterocycles. The Morgan fingerprint density at radius 3 is 2.81 bits per heavy atom. The molecule has 9 heteroatoms. The number of hydrogen-bond donors (Lipinski definition) is 4. The van der Waals surface area contributed by atoms with Crippen LogP contribution in [0.2, 0.25) is 0 Å². The smallest absolute Gasteiger partial charge is 0.268 e. The van der Waals surface area contributed by atoms with E-state index in [2.05, 4.69) is 20.9 Å². The van der Waals surface area contributed by atoms with E-state index in [9.17, 15) is 19.2 Å². The first-order valence-electron chi connectivity index (χ1n) is 10.5. The summed E-state index contributed by atoms with van der Waals surface area (Å²) in [4.78, 5) is 52.2. The predicted molar refractivity (Wildman–Crippen MR) is 115 cm³/mol. The fraction of sp³-hybridized carbons (Fsp3) is 0.455. The van der Waals surface area contributed by atoms with Gasteiger partial charge in [0.2, 0.25) is 11.8 Å². The minimum absolute atomic E-state index is 0.0862. The Bertz CT molecular complexity index is 983. The summed E-state index contributed by atoms with van der Waals surface area (Å²) in [5.74, 6) is -0.815. The Hall–Kier alpha value is -3.36. The van der Waals surface area contributed by atoms with Crippen LogP contribution < -0.4 is 20.7 Å². The summed E-state index contributed by atoms with van der Waals surface area (Å²) in [7, 11) is 1.55. The van der Waals surface area contributed by atoms with Crippen molar-refractivity contribution < 1.29 is 23.9 Å². The van der Waals surface area contributed by atoms with Crippen LogP contribution in [-0.4, -0.2) is 54.7 Å². The number of hydrogen-bond acceptors (Lipinski definition) is 5. The number of methoxy groups -OCH3 is 1. The van der Waals surface area contributed by atoms with E-state index < -0.39 is 17.9 Å². The maximum absolute atomic E-state index is 12.5. The van der Waals surface area contributed by atoms with Crippen molar-refractivity contribution in [2.75, 3.05) is 20.2 Å². The summed E-state index contributed by atoms with van der Waals surface area (Å²) in [6.07, 6.45) is 2.06. The Balaban J connectivity index is 1.58. The van der Waals surface area contributed by atoms with E-state index >= 15 is 0 Å². The van der Waals surface area contributed by atoms with Crippen LogP contribution in [-0.2, 0) is 14.4 Å². The van der Waals surface area contributed by atoms with E-state index in [0.29, 0.717) is 24.4 Å². The van der Waals surface area contributed by atoms with Gasteiger partial charge in [0.25, 0.3) is 5.91 Å². The molecule has 4 N–H and O–H groups in total. The van der Waals surface area contributed by atoms with Crippen molar-refractivity contribution >= 4 is 34.4 Å². The van der Waals surface area contributed by atoms with Crippen LogP contribution in [0.15, 0.2) is 24.3 Å². The third-order valence-electron chi connectivity index (χ3n) is 5.49. The number of ketones is 1. The molecule has 1 aromatic heterocycles. The first-order valence-corrected chi connectivity index (χ1v) is 10.5. The van der Waals surface area contributed by atoms with Crippen LogP contribution in [0, 0.1) is 5.92 Å². The predicted octanol–water partition coefficient (Wildman–Crippen LogP) is 1.29. The fourth-order valence-electron chi connectivity index (χ4n) is 3.79. The number of aromatic amines is 1. The van der Waals surface area contributed by atoms with Gasteiger partial charge in [-0.25, -0.2) is 0 Å². The summed E-state index contributed by atoms with van der Waals surface area (Å²) >= 11 is 0. The average Bonchev–Trinajstić information content (AvgIpc) is 3.22. The third-order valence-corrected chi connectivity index (χ3v) is 5.49. The van der Waals surface area contributed by atoms with Crippen LogP contribution in [0.1, 0.15) is 43.1 Å². The number of carbonyl (C=O) groups excluding carboxylic acids is 4. The second-order valence-electron chi connectivity index (χ2n) is 7.59. The SMILES string of the molecule is CCC(=O)C(CC1CCCNC1=O)NC(=O)CNC(=O)c1cc2c(OC)cccc2[nH]1. The molecule has 1 aliphatic rings. The van der Waals surface area contributed by atoms with Crippen LogP contribution in [0.4, 0.5) is 0 Å². The quantitative estimate of drug-likeness (QED) is 0.478. The van der Waals surface area contributed by atoms with Gasteiger partial charge in [-0.05, 0) is 37.5 Å². The number of rotatable bonds is 9. The second-order valence-corrected chi connectivity index (χ2v) is 7.59. The van der Waals surface area contributed by atoms with E-state index in [4.69, 9.17) is 4.74 Å². The molecule has 0 saturated carbocycles. The number of piperidine rings is 1. The molecule has 2 atom stereocenters. The lowest BCUT2D eigenvalue weighted by Crippen LogP contribution is -2.48. The molecule has 1 aromatic carbocycles. The van der Waals surface area contributed by atoms with Crippen LogP contribution in [0.25, 0.3) is 10.9 Å². The summed E-state index contributed by atoms with van der Waals surface area (Å²) in [6.45, 7) is 2.07. The van der Waals surface area contributed by atoms with Gasteiger partial charge in [-0.15, -0.1) is 0 Å². The topological polar surface area (TPSA) is 129 Å². The fourth-order valence-corrected chi connectivity index (χ4v) is 3.79. The number of ether oxygens (including phenoxy) is 1. The Kier molecular flexibility index (Phi) is 7.28. The zero-order valence-electron chi connectivity index (χ0n) is 17.7. The van der Waals surface area contributed by atoms with Crippen LogP contribution in [0.5, 0.6) is 5.75 Å². The molecule has 3 rings (SSSR count). The monoisotopic (exact) mass is 428 g/mol. The molecule has 1 aliphatic heterocycles. The summed E-state index contributed by atoms with van der Waals surface area (Å²) in [5, 5.41) is 8.79. The van der Waals surface area contributed by atoms with E-state index in [0.717, 1.165) is 17.3 Å². The molecule has 0 bridgehead atoms. The van der Waals surface area contributed by atoms with Crippen LogP contribution >= 0.6 is 0 Å². The minimum Gasteiger partial charge on any atom is -0.496 e. The van der Waals surface area contributed by atoms with E-state index in [1.54, 1.807) is 26.2 Å². The van der Waals surface area contributed by atoms with Gasteiger partial charge in [0.15, 0.2) is 5.78 Å². The van der Waals surface area contributed by atoms with Gasteiger partial charge in [0.05, 0.1) is 19.7 Å². The first-order chi connectivity index (χ1) is 14.9. The van der Waals surface area contributed by atoms with Gasteiger partial charge in [0, 0.05) is 29.8 Å². The summed E-state index contributed by atoms with van der Waals surface area (Å²) in [6, 6.07) is 6.34. The number of aromatic nitrogens is 1. The van der Waals surface area contributed by atoms with E-state index in [-0.39, 0.29) is 37.0 Å². The summed E-state index contributed by atoms with van der Waals surface area (Å²) in [5.41, 5.74) is 1.04. The van der Waals surface area contributed by atoms with Gasteiger partial charge in [-0.1, -0.05) is 13.0 Å². The molecular formula is C22H28N4O5. The molecule has 9 nitrogen and oxygen atoms in total. The highest BCUT2D eigenvalue weighted by Crippen LogP contribution is 2.25. The minimum atomic E-state index is -0.749. The van der Waals surface area contributed by atoms with Crippen molar-refractivity contribution in [2.24, 2.45) is 5.92 Å². The maximum atomic E-state index is 12.5. The van der Waals surface area contributed by atoms with Gasteiger partial charge in [0.1, 0.15) is 11.4 Å². The number of Topliss-reactive ketones (excluding diaryl/α,β-unsaturated/α-hetero) is 1. The Labute approximate surface area is 180 Å².